The third-order valence-electron chi connectivity index (χ3n) is 2.76. The fourth-order valence-electron chi connectivity index (χ4n) is 1.78. The van der Waals surface area contributed by atoms with Crippen LogP contribution in [-0.2, 0) is 10.2 Å². The van der Waals surface area contributed by atoms with E-state index in [2.05, 4.69) is 4.72 Å². The van der Waals surface area contributed by atoms with Crippen LogP contribution in [0.1, 0.15) is 26.2 Å². The molecule has 96 valence electrons. The zero-order valence-corrected chi connectivity index (χ0v) is 10.3. The molecule has 0 spiro atoms. The molecule has 0 aliphatic carbocycles. The Bertz CT molecular complexity index is 307. The van der Waals surface area contributed by atoms with Crippen molar-refractivity contribution in [2.45, 2.75) is 38.3 Å². The van der Waals surface area contributed by atoms with Crippen LogP contribution >= 0.6 is 0 Å². The molecule has 0 radical (unpaired) electrons. The standard InChI is InChI=1S/C9H20N2O4S/c1-8-4-2-3-5-11(8)16(14,15)10-6-9(13)7-12/h8-10,12-13H,2-7H2,1H3. The predicted molar refractivity (Wildman–Crippen MR) is 60.0 cm³/mol. The Kier molecular flexibility index (Phi) is 5.13. The van der Waals surface area contributed by atoms with Gasteiger partial charge in [-0.25, -0.2) is 0 Å². The van der Waals surface area contributed by atoms with Crippen LogP contribution in [0.25, 0.3) is 0 Å². The van der Waals surface area contributed by atoms with E-state index in [-0.39, 0.29) is 12.6 Å². The van der Waals surface area contributed by atoms with E-state index >= 15 is 0 Å². The molecule has 2 unspecified atom stereocenters. The van der Waals surface area contributed by atoms with E-state index in [1.54, 1.807) is 0 Å². The first kappa shape index (κ1) is 13.9. The number of aliphatic hydroxyl groups excluding tert-OH is 2. The molecule has 0 saturated carbocycles. The molecule has 0 aromatic carbocycles. The van der Waals surface area contributed by atoms with E-state index in [0.29, 0.717) is 6.54 Å². The Labute approximate surface area is 96.4 Å². The Morgan fingerprint density at radius 2 is 2.19 bits per heavy atom. The molecule has 0 aromatic heterocycles. The summed E-state index contributed by atoms with van der Waals surface area (Å²) < 4.78 is 27.4. The van der Waals surface area contributed by atoms with Gasteiger partial charge in [0.2, 0.25) is 0 Å². The van der Waals surface area contributed by atoms with E-state index in [1.165, 1.54) is 4.31 Å². The Morgan fingerprint density at radius 3 is 2.75 bits per heavy atom. The molecule has 7 heteroatoms. The van der Waals surface area contributed by atoms with E-state index in [1.807, 2.05) is 6.92 Å². The molecular weight excluding hydrogens is 232 g/mol. The Balaban J connectivity index is 2.55. The minimum atomic E-state index is -3.53. The summed E-state index contributed by atoms with van der Waals surface area (Å²) >= 11 is 0. The number of nitrogens with one attached hydrogen (secondary N) is 1. The van der Waals surface area contributed by atoms with Crippen LogP contribution in [0, 0.1) is 0 Å². The van der Waals surface area contributed by atoms with Crippen molar-refractivity contribution in [3.8, 4) is 0 Å². The van der Waals surface area contributed by atoms with Crippen molar-refractivity contribution in [1.29, 1.82) is 0 Å². The van der Waals surface area contributed by atoms with Crippen molar-refractivity contribution in [1.82, 2.24) is 9.03 Å². The molecule has 1 heterocycles. The van der Waals surface area contributed by atoms with Gasteiger partial charge < -0.3 is 10.2 Å². The van der Waals surface area contributed by atoms with E-state index in [0.717, 1.165) is 19.3 Å². The molecule has 1 saturated heterocycles. The van der Waals surface area contributed by atoms with Crippen LogP contribution in [0.2, 0.25) is 0 Å². The number of rotatable bonds is 5. The monoisotopic (exact) mass is 252 g/mol. The van der Waals surface area contributed by atoms with Crippen LogP contribution in [0.3, 0.4) is 0 Å². The van der Waals surface area contributed by atoms with Crippen molar-refractivity contribution < 1.29 is 18.6 Å². The number of hydrogen-bond acceptors (Lipinski definition) is 4. The predicted octanol–water partition coefficient (Wildman–Crippen LogP) is -0.952. The highest BCUT2D eigenvalue weighted by molar-refractivity contribution is 7.87. The first-order chi connectivity index (χ1) is 7.47. The largest absolute Gasteiger partial charge is 0.394 e. The molecule has 0 bridgehead atoms. The van der Waals surface area contributed by atoms with Gasteiger partial charge in [0.25, 0.3) is 10.2 Å². The summed E-state index contributed by atoms with van der Waals surface area (Å²) in [4.78, 5) is 0. The second-order valence-electron chi connectivity index (χ2n) is 4.15. The highest BCUT2D eigenvalue weighted by Gasteiger charge is 2.29. The summed E-state index contributed by atoms with van der Waals surface area (Å²) in [5.74, 6) is 0. The van der Waals surface area contributed by atoms with Gasteiger partial charge in [0.1, 0.15) is 0 Å². The lowest BCUT2D eigenvalue weighted by molar-refractivity contribution is 0.0981. The second kappa shape index (κ2) is 5.92. The van der Waals surface area contributed by atoms with E-state index in [9.17, 15) is 8.42 Å². The molecule has 1 aliphatic heterocycles. The van der Waals surface area contributed by atoms with Crippen LogP contribution in [0.15, 0.2) is 0 Å². The molecule has 16 heavy (non-hydrogen) atoms. The molecule has 3 N–H and O–H groups in total. The average molecular weight is 252 g/mol. The van der Waals surface area contributed by atoms with Crippen LogP contribution in [0.5, 0.6) is 0 Å². The molecular formula is C9H20N2O4S. The average Bonchev–Trinajstić information content (AvgIpc) is 2.26. The van der Waals surface area contributed by atoms with Crippen molar-refractivity contribution in [3.05, 3.63) is 0 Å². The minimum absolute atomic E-state index is 0.00230. The summed E-state index contributed by atoms with van der Waals surface area (Å²) in [6.45, 7) is 1.80. The minimum Gasteiger partial charge on any atom is -0.394 e. The SMILES string of the molecule is CC1CCCCN1S(=O)(=O)NCC(O)CO. The van der Waals surface area contributed by atoms with Crippen molar-refractivity contribution >= 4 is 10.2 Å². The zero-order chi connectivity index (χ0) is 12.2. The maximum Gasteiger partial charge on any atom is 0.279 e. The van der Waals surface area contributed by atoms with Crippen LogP contribution in [0.4, 0.5) is 0 Å². The summed E-state index contributed by atoms with van der Waals surface area (Å²) in [6, 6.07) is -0.00230. The quantitative estimate of drug-likeness (QED) is 0.588. The molecule has 0 amide bonds. The molecule has 2 atom stereocenters. The van der Waals surface area contributed by atoms with Crippen molar-refractivity contribution in [2.24, 2.45) is 0 Å². The summed E-state index contributed by atoms with van der Waals surface area (Å²) in [7, 11) is -3.53. The third kappa shape index (κ3) is 3.67. The van der Waals surface area contributed by atoms with Gasteiger partial charge in [0.05, 0.1) is 12.7 Å². The molecule has 1 fully saturated rings. The van der Waals surface area contributed by atoms with Gasteiger partial charge in [-0.2, -0.15) is 17.4 Å². The zero-order valence-electron chi connectivity index (χ0n) is 9.46. The fraction of sp³-hybridized carbons (Fsp3) is 1.00. The second-order valence-corrected chi connectivity index (χ2v) is 5.85. The normalized spacial score (nSPS) is 25.6. The van der Waals surface area contributed by atoms with E-state index in [4.69, 9.17) is 10.2 Å². The Hall–Kier alpha value is -0.210. The van der Waals surface area contributed by atoms with Gasteiger partial charge >= 0.3 is 0 Å². The smallest absolute Gasteiger partial charge is 0.279 e. The van der Waals surface area contributed by atoms with Crippen LogP contribution < -0.4 is 4.72 Å². The summed E-state index contributed by atoms with van der Waals surface area (Å²) in [5.41, 5.74) is 0. The lowest BCUT2D eigenvalue weighted by Crippen LogP contribution is -2.49. The first-order valence-corrected chi connectivity index (χ1v) is 6.96. The molecule has 0 aromatic rings. The fourth-order valence-corrected chi connectivity index (χ4v) is 3.30. The number of nitrogens with zero attached hydrogens (tertiary/aromatic N) is 1. The van der Waals surface area contributed by atoms with Crippen molar-refractivity contribution in [2.75, 3.05) is 19.7 Å². The molecule has 6 nitrogen and oxygen atoms in total. The maximum absolute atomic E-state index is 11.8. The van der Waals surface area contributed by atoms with E-state index < -0.39 is 22.9 Å². The summed E-state index contributed by atoms with van der Waals surface area (Å²) in [5, 5.41) is 17.7. The third-order valence-corrected chi connectivity index (χ3v) is 4.45. The lowest BCUT2D eigenvalue weighted by atomic mass is 10.1. The van der Waals surface area contributed by atoms with Gasteiger partial charge in [-0.3, -0.25) is 0 Å². The van der Waals surface area contributed by atoms with Gasteiger partial charge in [0, 0.05) is 19.1 Å². The first-order valence-electron chi connectivity index (χ1n) is 5.52. The highest BCUT2D eigenvalue weighted by atomic mass is 32.2. The number of hydrogen-bond donors (Lipinski definition) is 3. The van der Waals surface area contributed by atoms with Gasteiger partial charge in [-0.1, -0.05) is 6.42 Å². The topological polar surface area (TPSA) is 89.9 Å². The van der Waals surface area contributed by atoms with Gasteiger partial charge in [0.15, 0.2) is 0 Å². The maximum atomic E-state index is 11.8. The molecule has 1 aliphatic rings. The molecule has 1 rings (SSSR count). The van der Waals surface area contributed by atoms with Crippen molar-refractivity contribution in [3.63, 3.8) is 0 Å². The summed E-state index contributed by atoms with van der Waals surface area (Å²) in [6.07, 6.45) is 1.74. The Morgan fingerprint density at radius 1 is 1.50 bits per heavy atom. The number of aliphatic hydroxyl groups is 2. The highest BCUT2D eigenvalue weighted by Crippen LogP contribution is 2.18. The van der Waals surface area contributed by atoms with Gasteiger partial charge in [-0.15, -0.1) is 0 Å². The number of piperidine rings is 1. The van der Waals surface area contributed by atoms with Gasteiger partial charge in [-0.05, 0) is 19.8 Å². The van der Waals surface area contributed by atoms with Crippen LogP contribution in [-0.4, -0.2) is 54.8 Å². The lowest BCUT2D eigenvalue weighted by Gasteiger charge is -2.32.